The lowest BCUT2D eigenvalue weighted by Gasteiger charge is -2.32. The van der Waals surface area contributed by atoms with Crippen molar-refractivity contribution >= 4 is 11.8 Å². The zero-order valence-electron chi connectivity index (χ0n) is 16.9. The lowest BCUT2D eigenvalue weighted by Crippen LogP contribution is -2.45. The number of nitrogens with one attached hydrogen (secondary N) is 1. The average molecular weight is 402 g/mol. The number of furan rings is 1. The van der Waals surface area contributed by atoms with Crippen LogP contribution in [-0.2, 0) is 11.3 Å². The summed E-state index contributed by atoms with van der Waals surface area (Å²) >= 11 is 0. The second-order valence-electron chi connectivity index (χ2n) is 7.70. The summed E-state index contributed by atoms with van der Waals surface area (Å²) in [5.41, 5.74) is 1.73. The molecular formula is C25H26N2O3. The van der Waals surface area contributed by atoms with Gasteiger partial charge in [0, 0.05) is 12.6 Å². The Hall–Kier alpha value is -3.34. The number of benzene rings is 2. The van der Waals surface area contributed by atoms with Crippen molar-refractivity contribution in [3.05, 3.63) is 95.9 Å². The Labute approximate surface area is 176 Å². The van der Waals surface area contributed by atoms with E-state index in [2.05, 4.69) is 5.32 Å². The second kappa shape index (κ2) is 9.44. The molecule has 1 saturated carbocycles. The molecule has 5 heteroatoms. The molecule has 30 heavy (non-hydrogen) atoms. The van der Waals surface area contributed by atoms with E-state index in [1.165, 1.54) is 6.26 Å². The highest BCUT2D eigenvalue weighted by atomic mass is 16.3. The van der Waals surface area contributed by atoms with E-state index in [0.717, 1.165) is 36.8 Å². The Morgan fingerprint density at radius 2 is 1.60 bits per heavy atom. The summed E-state index contributed by atoms with van der Waals surface area (Å²) in [5.74, 6) is -0.233. The zero-order chi connectivity index (χ0) is 20.8. The molecule has 0 spiro atoms. The second-order valence-corrected chi connectivity index (χ2v) is 7.70. The Morgan fingerprint density at radius 1 is 0.933 bits per heavy atom. The van der Waals surface area contributed by atoms with Crippen LogP contribution in [0, 0.1) is 0 Å². The normalized spacial score (nSPS) is 14.9. The van der Waals surface area contributed by atoms with E-state index in [9.17, 15) is 9.59 Å². The molecule has 0 bridgehead atoms. The molecule has 3 aromatic rings. The monoisotopic (exact) mass is 402 g/mol. The summed E-state index contributed by atoms with van der Waals surface area (Å²) in [6, 6.07) is 21.9. The molecule has 1 aromatic heterocycles. The topological polar surface area (TPSA) is 62.6 Å². The van der Waals surface area contributed by atoms with Crippen molar-refractivity contribution in [2.75, 3.05) is 0 Å². The molecule has 4 rings (SSSR count). The van der Waals surface area contributed by atoms with Crippen molar-refractivity contribution in [2.45, 2.75) is 44.3 Å². The van der Waals surface area contributed by atoms with Gasteiger partial charge in [0.25, 0.3) is 5.91 Å². The number of nitrogens with zero attached hydrogens (tertiary/aromatic N) is 1. The van der Waals surface area contributed by atoms with Gasteiger partial charge < -0.3 is 14.6 Å². The maximum atomic E-state index is 13.5. The standard InChI is InChI=1S/C25H26N2O3/c28-24(26-21-14-7-8-15-21)23(20-12-5-2-6-13-20)27(18-19-10-3-1-4-11-19)25(29)22-16-9-17-30-22/h1-6,9-13,16-17,21,23H,7-8,14-15,18H2,(H,26,28)/t23-/m1/s1. The van der Waals surface area contributed by atoms with E-state index in [4.69, 9.17) is 4.42 Å². The molecule has 0 saturated heterocycles. The van der Waals surface area contributed by atoms with Crippen LogP contribution >= 0.6 is 0 Å². The number of carbonyl (C=O) groups excluding carboxylic acids is 2. The van der Waals surface area contributed by atoms with Crippen LogP contribution in [-0.4, -0.2) is 22.8 Å². The minimum absolute atomic E-state index is 0.149. The molecule has 5 nitrogen and oxygen atoms in total. The van der Waals surface area contributed by atoms with Crippen molar-refractivity contribution in [2.24, 2.45) is 0 Å². The fourth-order valence-electron chi connectivity index (χ4n) is 4.06. The highest BCUT2D eigenvalue weighted by Gasteiger charge is 2.34. The third-order valence-corrected chi connectivity index (χ3v) is 5.57. The van der Waals surface area contributed by atoms with Gasteiger partial charge >= 0.3 is 0 Å². The first-order valence-corrected chi connectivity index (χ1v) is 10.5. The van der Waals surface area contributed by atoms with E-state index in [1.807, 2.05) is 60.7 Å². The molecule has 0 aliphatic heterocycles. The van der Waals surface area contributed by atoms with Crippen molar-refractivity contribution in [1.29, 1.82) is 0 Å². The van der Waals surface area contributed by atoms with Gasteiger partial charge in [-0.25, -0.2) is 0 Å². The average Bonchev–Trinajstić information content (AvgIpc) is 3.49. The Kier molecular flexibility index (Phi) is 6.28. The summed E-state index contributed by atoms with van der Waals surface area (Å²) in [4.78, 5) is 28.5. The lowest BCUT2D eigenvalue weighted by atomic mass is 10.0. The van der Waals surface area contributed by atoms with Gasteiger partial charge in [0.05, 0.1) is 6.26 Å². The molecule has 2 aromatic carbocycles. The molecule has 1 fully saturated rings. The van der Waals surface area contributed by atoms with Gasteiger partial charge in [-0.1, -0.05) is 73.5 Å². The van der Waals surface area contributed by atoms with E-state index >= 15 is 0 Å². The van der Waals surface area contributed by atoms with Gasteiger partial charge in [-0.05, 0) is 36.1 Å². The van der Waals surface area contributed by atoms with Gasteiger partial charge in [0.15, 0.2) is 5.76 Å². The molecule has 0 radical (unpaired) electrons. The molecule has 0 unspecified atom stereocenters. The van der Waals surface area contributed by atoms with Crippen LogP contribution < -0.4 is 5.32 Å². The van der Waals surface area contributed by atoms with Crippen molar-refractivity contribution < 1.29 is 14.0 Å². The van der Waals surface area contributed by atoms with E-state index in [1.54, 1.807) is 17.0 Å². The smallest absolute Gasteiger partial charge is 0.290 e. The predicted molar refractivity (Wildman–Crippen MR) is 115 cm³/mol. The third kappa shape index (κ3) is 4.62. The van der Waals surface area contributed by atoms with Crippen LogP contribution in [0.4, 0.5) is 0 Å². The Morgan fingerprint density at radius 3 is 2.23 bits per heavy atom. The van der Waals surface area contributed by atoms with Crippen molar-refractivity contribution in [3.63, 3.8) is 0 Å². The number of rotatable bonds is 7. The van der Waals surface area contributed by atoms with Crippen LogP contribution in [0.25, 0.3) is 0 Å². The molecule has 154 valence electrons. The van der Waals surface area contributed by atoms with Crippen molar-refractivity contribution in [3.8, 4) is 0 Å². The molecule has 2 amide bonds. The zero-order valence-corrected chi connectivity index (χ0v) is 16.9. The van der Waals surface area contributed by atoms with Crippen LogP contribution in [0.5, 0.6) is 0 Å². The maximum absolute atomic E-state index is 13.5. The number of carbonyl (C=O) groups is 2. The molecule has 1 heterocycles. The molecular weight excluding hydrogens is 376 g/mol. The summed E-state index contributed by atoms with van der Waals surface area (Å²) in [6.07, 6.45) is 5.69. The fourth-order valence-corrected chi connectivity index (χ4v) is 4.06. The minimum Gasteiger partial charge on any atom is -0.459 e. The molecule has 1 aliphatic rings. The van der Waals surface area contributed by atoms with Gasteiger partial charge in [-0.3, -0.25) is 9.59 Å². The fraction of sp³-hybridized carbons (Fsp3) is 0.280. The van der Waals surface area contributed by atoms with Gasteiger partial charge in [-0.15, -0.1) is 0 Å². The third-order valence-electron chi connectivity index (χ3n) is 5.57. The summed E-state index contributed by atoms with van der Waals surface area (Å²) in [7, 11) is 0. The van der Waals surface area contributed by atoms with Crippen molar-refractivity contribution in [1.82, 2.24) is 10.2 Å². The van der Waals surface area contributed by atoms with Gasteiger partial charge in [0.1, 0.15) is 6.04 Å². The SMILES string of the molecule is O=C(NC1CCCC1)[C@@H](c1ccccc1)N(Cc1ccccc1)C(=O)c1ccco1. The van der Waals surface area contributed by atoms with E-state index in [0.29, 0.717) is 6.54 Å². The Bertz CT molecular complexity index is 949. The summed E-state index contributed by atoms with van der Waals surface area (Å²) in [5, 5.41) is 3.18. The first-order valence-electron chi connectivity index (χ1n) is 10.5. The van der Waals surface area contributed by atoms with Gasteiger partial charge in [-0.2, -0.15) is 0 Å². The molecule has 1 atom stereocenters. The lowest BCUT2D eigenvalue weighted by molar-refractivity contribution is -0.126. The summed E-state index contributed by atoms with van der Waals surface area (Å²) < 4.78 is 5.39. The first kappa shape index (κ1) is 20.0. The van der Waals surface area contributed by atoms with Crippen LogP contribution in [0.2, 0.25) is 0 Å². The van der Waals surface area contributed by atoms with Gasteiger partial charge in [0.2, 0.25) is 5.91 Å². The van der Waals surface area contributed by atoms with Crippen LogP contribution in [0.1, 0.15) is 53.4 Å². The Balaban J connectivity index is 1.71. The van der Waals surface area contributed by atoms with E-state index < -0.39 is 6.04 Å². The number of hydrogen-bond acceptors (Lipinski definition) is 3. The van der Waals surface area contributed by atoms with Crippen LogP contribution in [0.15, 0.2) is 83.5 Å². The van der Waals surface area contributed by atoms with E-state index in [-0.39, 0.29) is 23.6 Å². The first-order chi connectivity index (χ1) is 14.7. The summed E-state index contributed by atoms with van der Waals surface area (Å²) in [6.45, 7) is 0.304. The largest absolute Gasteiger partial charge is 0.459 e. The number of amides is 2. The highest BCUT2D eigenvalue weighted by Crippen LogP contribution is 2.27. The minimum atomic E-state index is -0.746. The predicted octanol–water partition coefficient (Wildman–Crippen LogP) is 4.72. The molecule has 1 aliphatic carbocycles. The maximum Gasteiger partial charge on any atom is 0.290 e. The highest BCUT2D eigenvalue weighted by molar-refractivity contribution is 5.96. The quantitative estimate of drug-likeness (QED) is 0.622. The molecule has 1 N–H and O–H groups in total. The number of hydrogen-bond donors (Lipinski definition) is 1. The van der Waals surface area contributed by atoms with Crippen LogP contribution in [0.3, 0.4) is 0 Å².